The molecule has 0 radical (unpaired) electrons. The fourth-order valence-corrected chi connectivity index (χ4v) is 2.83. The lowest BCUT2D eigenvalue weighted by atomic mass is 10.1. The number of hydrogen-bond donors (Lipinski definition) is 0. The molecule has 0 aliphatic heterocycles. The lowest BCUT2D eigenvalue weighted by molar-refractivity contribution is 0.0919. The van der Waals surface area contributed by atoms with Crippen LogP contribution in [0.5, 0.6) is 11.5 Å². The molecule has 0 saturated carbocycles. The third kappa shape index (κ3) is 4.20. The number of benzene rings is 3. The van der Waals surface area contributed by atoms with Gasteiger partial charge in [-0.15, -0.1) is 0 Å². The molecule has 0 aliphatic carbocycles. The molecule has 0 N–H and O–H groups in total. The normalized spacial score (nSPS) is 10.6. The monoisotopic (exact) mass is 404 g/mol. The van der Waals surface area contributed by atoms with E-state index in [9.17, 15) is 9.18 Å². The van der Waals surface area contributed by atoms with E-state index < -0.39 is 5.82 Å². The summed E-state index contributed by atoms with van der Waals surface area (Å²) in [6.45, 7) is -0.207. The van der Waals surface area contributed by atoms with E-state index in [-0.39, 0.29) is 12.4 Å². The van der Waals surface area contributed by atoms with Crippen molar-refractivity contribution in [1.82, 2.24) is 10.1 Å². The Morgan fingerprint density at radius 2 is 1.73 bits per heavy atom. The van der Waals surface area contributed by atoms with Crippen molar-refractivity contribution < 1.29 is 23.2 Å². The highest BCUT2D eigenvalue weighted by molar-refractivity contribution is 5.97. The summed E-state index contributed by atoms with van der Waals surface area (Å²) in [7, 11) is 1.50. The predicted octanol–water partition coefficient (Wildman–Crippen LogP) is 4.81. The molecule has 6 nitrogen and oxygen atoms in total. The second-order valence-corrected chi connectivity index (χ2v) is 6.37. The maximum atomic E-state index is 13.0. The standard InChI is InChI=1S/C23H17FN2O4/c1-28-21-13-17(22-25-23(30-26-22)16-5-3-2-4-6-16)9-12-20(21)29-14-19(27)15-7-10-18(24)11-8-15/h2-13H,14H2,1H3. The molecule has 30 heavy (non-hydrogen) atoms. The molecule has 0 unspecified atom stereocenters. The van der Waals surface area contributed by atoms with Crippen molar-refractivity contribution in [2.45, 2.75) is 0 Å². The molecule has 0 fully saturated rings. The van der Waals surface area contributed by atoms with Gasteiger partial charge < -0.3 is 14.0 Å². The zero-order valence-corrected chi connectivity index (χ0v) is 16.0. The minimum Gasteiger partial charge on any atom is -0.493 e. The van der Waals surface area contributed by atoms with Crippen molar-refractivity contribution in [2.24, 2.45) is 0 Å². The molecule has 1 aromatic heterocycles. The summed E-state index contributed by atoms with van der Waals surface area (Å²) in [6, 6.07) is 19.9. The summed E-state index contributed by atoms with van der Waals surface area (Å²) in [5.74, 6) is 0.957. The first-order chi connectivity index (χ1) is 14.6. The van der Waals surface area contributed by atoms with Crippen LogP contribution >= 0.6 is 0 Å². The number of hydrogen-bond acceptors (Lipinski definition) is 6. The first kappa shape index (κ1) is 19.3. The Morgan fingerprint density at radius 3 is 2.47 bits per heavy atom. The van der Waals surface area contributed by atoms with Gasteiger partial charge in [-0.3, -0.25) is 4.79 Å². The maximum Gasteiger partial charge on any atom is 0.258 e. The number of ketones is 1. The van der Waals surface area contributed by atoms with Crippen molar-refractivity contribution in [1.29, 1.82) is 0 Å². The predicted molar refractivity (Wildman–Crippen MR) is 108 cm³/mol. The number of rotatable bonds is 7. The Bertz CT molecular complexity index is 1160. The number of Topliss-reactive ketones (excluding diaryl/α,β-unsaturated/α-hetero) is 1. The van der Waals surface area contributed by atoms with Gasteiger partial charge >= 0.3 is 0 Å². The Labute approximate surface area is 171 Å². The first-order valence-electron chi connectivity index (χ1n) is 9.13. The summed E-state index contributed by atoms with van der Waals surface area (Å²) < 4.78 is 29.3. The highest BCUT2D eigenvalue weighted by atomic mass is 19.1. The molecule has 4 aromatic rings. The lowest BCUT2D eigenvalue weighted by Gasteiger charge is -2.11. The lowest BCUT2D eigenvalue weighted by Crippen LogP contribution is -2.12. The van der Waals surface area contributed by atoms with Crippen LogP contribution in [0.2, 0.25) is 0 Å². The van der Waals surface area contributed by atoms with E-state index >= 15 is 0 Å². The summed E-state index contributed by atoms with van der Waals surface area (Å²) in [5, 5.41) is 4.02. The van der Waals surface area contributed by atoms with Crippen LogP contribution in [0.4, 0.5) is 4.39 Å². The fourth-order valence-electron chi connectivity index (χ4n) is 2.83. The average Bonchev–Trinajstić information content (AvgIpc) is 3.29. The molecule has 0 aliphatic rings. The summed E-state index contributed by atoms with van der Waals surface area (Å²) in [5.41, 5.74) is 1.87. The topological polar surface area (TPSA) is 74.5 Å². The van der Waals surface area contributed by atoms with Crippen molar-refractivity contribution >= 4 is 5.78 Å². The molecule has 1 heterocycles. The Kier molecular flexibility index (Phi) is 5.52. The number of ether oxygens (including phenoxy) is 2. The van der Waals surface area contributed by atoms with Gasteiger partial charge in [-0.25, -0.2) is 4.39 Å². The van der Waals surface area contributed by atoms with Crippen molar-refractivity contribution in [3.63, 3.8) is 0 Å². The highest BCUT2D eigenvalue weighted by Crippen LogP contribution is 2.32. The molecule has 0 amide bonds. The van der Waals surface area contributed by atoms with Crippen LogP contribution in [0.1, 0.15) is 10.4 Å². The Hall–Kier alpha value is -4.00. The van der Waals surface area contributed by atoms with E-state index in [1.165, 1.54) is 31.4 Å². The number of carbonyl (C=O) groups excluding carboxylic acids is 1. The fraction of sp³-hybridized carbons (Fsp3) is 0.0870. The zero-order chi connectivity index (χ0) is 20.9. The zero-order valence-electron chi connectivity index (χ0n) is 16.0. The molecule has 4 rings (SSSR count). The SMILES string of the molecule is COc1cc(-c2noc(-c3ccccc3)n2)ccc1OCC(=O)c1ccc(F)cc1. The van der Waals surface area contributed by atoms with E-state index in [0.29, 0.717) is 34.3 Å². The molecule has 0 saturated heterocycles. The van der Waals surface area contributed by atoms with Crippen molar-refractivity contribution in [2.75, 3.05) is 13.7 Å². The van der Waals surface area contributed by atoms with Crippen LogP contribution < -0.4 is 9.47 Å². The largest absolute Gasteiger partial charge is 0.493 e. The van der Waals surface area contributed by atoms with E-state index in [4.69, 9.17) is 14.0 Å². The van der Waals surface area contributed by atoms with Crippen LogP contribution in [0, 0.1) is 5.82 Å². The maximum absolute atomic E-state index is 13.0. The second-order valence-electron chi connectivity index (χ2n) is 6.37. The number of nitrogens with zero attached hydrogens (tertiary/aromatic N) is 2. The minimum absolute atomic E-state index is 0.207. The van der Waals surface area contributed by atoms with Gasteiger partial charge in [-0.2, -0.15) is 4.98 Å². The van der Waals surface area contributed by atoms with Gasteiger partial charge in [0.1, 0.15) is 5.82 Å². The quantitative estimate of drug-likeness (QED) is 0.412. The van der Waals surface area contributed by atoms with Gasteiger partial charge in [0.15, 0.2) is 23.9 Å². The number of aromatic nitrogens is 2. The summed E-state index contributed by atoms with van der Waals surface area (Å²) >= 11 is 0. The number of halogens is 1. The van der Waals surface area contributed by atoms with Crippen molar-refractivity contribution in [3.8, 4) is 34.3 Å². The van der Waals surface area contributed by atoms with Gasteiger partial charge in [-0.05, 0) is 54.6 Å². The van der Waals surface area contributed by atoms with Gasteiger partial charge in [-0.1, -0.05) is 23.4 Å². The van der Waals surface area contributed by atoms with E-state index in [1.54, 1.807) is 18.2 Å². The smallest absolute Gasteiger partial charge is 0.258 e. The van der Waals surface area contributed by atoms with Gasteiger partial charge in [0.25, 0.3) is 5.89 Å². The number of methoxy groups -OCH3 is 1. The molecule has 0 spiro atoms. The van der Waals surface area contributed by atoms with Crippen LogP contribution in [0.25, 0.3) is 22.8 Å². The molecule has 0 atom stereocenters. The number of carbonyl (C=O) groups is 1. The molecule has 150 valence electrons. The van der Waals surface area contributed by atoms with E-state index in [0.717, 1.165) is 5.56 Å². The molecule has 3 aromatic carbocycles. The molecular weight excluding hydrogens is 387 g/mol. The van der Waals surface area contributed by atoms with Crippen molar-refractivity contribution in [3.05, 3.63) is 84.2 Å². The van der Waals surface area contributed by atoms with Gasteiger partial charge in [0, 0.05) is 16.7 Å². The van der Waals surface area contributed by atoms with Crippen LogP contribution in [-0.2, 0) is 0 Å². The van der Waals surface area contributed by atoms with Crippen LogP contribution in [-0.4, -0.2) is 29.6 Å². The van der Waals surface area contributed by atoms with E-state index in [1.807, 2.05) is 30.3 Å². The summed E-state index contributed by atoms with van der Waals surface area (Å²) in [6.07, 6.45) is 0. The van der Waals surface area contributed by atoms with Gasteiger partial charge in [0.2, 0.25) is 5.82 Å². The Balaban J connectivity index is 1.50. The molecular formula is C23H17FN2O4. The van der Waals surface area contributed by atoms with Crippen LogP contribution in [0.15, 0.2) is 77.3 Å². The third-order valence-corrected chi connectivity index (χ3v) is 4.39. The average molecular weight is 404 g/mol. The molecule has 7 heteroatoms. The Morgan fingerprint density at radius 1 is 0.967 bits per heavy atom. The molecule has 0 bridgehead atoms. The van der Waals surface area contributed by atoms with E-state index in [2.05, 4.69) is 10.1 Å². The summed E-state index contributed by atoms with van der Waals surface area (Å²) in [4.78, 5) is 16.7. The first-order valence-corrected chi connectivity index (χ1v) is 9.13. The van der Waals surface area contributed by atoms with Crippen LogP contribution in [0.3, 0.4) is 0 Å². The minimum atomic E-state index is -0.401. The van der Waals surface area contributed by atoms with Gasteiger partial charge in [0.05, 0.1) is 7.11 Å². The second kappa shape index (κ2) is 8.57. The highest BCUT2D eigenvalue weighted by Gasteiger charge is 2.15. The third-order valence-electron chi connectivity index (χ3n) is 4.39.